The molecule has 0 fully saturated rings. The molecule has 0 saturated carbocycles. The molecule has 270 valence electrons. The largest absolute Gasteiger partial charge is 0.469 e. The molecule has 0 saturated heterocycles. The number of ether oxygens (including phenoxy) is 1. The van der Waals surface area contributed by atoms with E-state index in [1.54, 1.807) is 0 Å². The Morgan fingerprint density at radius 2 is 0.341 bits per heavy atom. The van der Waals surface area contributed by atoms with E-state index in [9.17, 15) is 58.8 Å². The van der Waals surface area contributed by atoms with Crippen molar-refractivity contribution in [2.75, 3.05) is 44.6 Å². The monoisotopic (exact) mass is 704 g/mol. The van der Waals surface area contributed by atoms with Crippen molar-refractivity contribution in [1.82, 2.24) is 0 Å². The van der Waals surface area contributed by atoms with Gasteiger partial charge in [0.25, 0.3) is 0 Å². The van der Waals surface area contributed by atoms with E-state index in [0.29, 0.717) is 0 Å². The molecule has 0 unspecified atom stereocenters. The highest BCUT2D eigenvalue weighted by atomic mass is 32.2. The summed E-state index contributed by atoms with van der Waals surface area (Å²) >= 11 is 0. The Morgan fingerprint density at radius 1 is 0.318 bits per heavy atom. The van der Waals surface area contributed by atoms with Crippen LogP contribution in [0.3, 0.4) is 0 Å². The molecule has 0 aromatic carbocycles. The van der Waals surface area contributed by atoms with Gasteiger partial charge in [-0.05, 0) is 83.1 Å². The quantitative estimate of drug-likeness (QED) is 0.330. The van der Waals surface area contributed by atoms with E-state index in [1.807, 2.05) is 0 Å². The Balaban J connectivity index is -0.0000000366. The Labute approximate surface area is 267 Å². The van der Waals surface area contributed by atoms with Crippen molar-refractivity contribution in [2.24, 2.45) is 0 Å². The minimum atomic E-state index is -2.67. The number of hydrogen-bond donors (Lipinski definition) is 0. The number of sulfone groups is 3. The first-order valence-corrected chi connectivity index (χ1v) is 18.9. The topological polar surface area (TPSA) is 231 Å². The maximum absolute atomic E-state index is 9.63. The van der Waals surface area contributed by atoms with E-state index in [1.165, 1.54) is 97.1 Å². The Bertz CT molecular complexity index is 872. The van der Waals surface area contributed by atoms with Crippen LogP contribution >= 0.6 is 0 Å². The summed E-state index contributed by atoms with van der Waals surface area (Å²) in [5.74, 6) is 0.755. The standard InChI is InChI=1S/C3H6O2.6C3H6O.3C2H6O2S/c1-3(4)5-2;6*1-3(2)4;3*1-5(2,3)4/h1-2H3;6*1-2H3;3*1-2H3. The van der Waals surface area contributed by atoms with Gasteiger partial charge >= 0.3 is 5.97 Å². The lowest BCUT2D eigenvalue weighted by Gasteiger charge is -1.80. The molecule has 0 atom stereocenters. The van der Waals surface area contributed by atoms with Crippen molar-refractivity contribution in [1.29, 1.82) is 0 Å². The molecule has 0 aromatic rings. The van der Waals surface area contributed by atoms with Crippen LogP contribution in [0.25, 0.3) is 0 Å². The third-order valence-corrected chi connectivity index (χ3v) is 0.287. The van der Waals surface area contributed by atoms with Crippen LogP contribution in [0.5, 0.6) is 0 Å². The Hall–Kier alpha value is -2.66. The van der Waals surface area contributed by atoms with Crippen LogP contribution in [0.15, 0.2) is 0 Å². The van der Waals surface area contributed by atoms with Crippen LogP contribution in [-0.4, -0.2) is 111 Å². The third kappa shape index (κ3) is 133000. The second-order valence-corrected chi connectivity index (χ2v) is 16.4. The zero-order valence-electron chi connectivity index (χ0n) is 30.4. The van der Waals surface area contributed by atoms with E-state index >= 15 is 0 Å². The zero-order valence-corrected chi connectivity index (χ0v) is 32.9. The smallest absolute Gasteiger partial charge is 0.302 e. The van der Waals surface area contributed by atoms with Crippen LogP contribution in [0.4, 0.5) is 0 Å². The highest BCUT2D eigenvalue weighted by Crippen LogP contribution is 1.63. The van der Waals surface area contributed by atoms with Gasteiger partial charge in [-0.15, -0.1) is 0 Å². The van der Waals surface area contributed by atoms with Gasteiger partial charge in [0.2, 0.25) is 0 Å². The first-order chi connectivity index (χ1) is 18.7. The molecule has 14 nitrogen and oxygen atoms in total. The average Bonchev–Trinajstić information content (AvgIpc) is 2.53. The van der Waals surface area contributed by atoms with E-state index in [4.69, 9.17) is 0 Å². The number of esters is 1. The molecule has 0 N–H and O–H groups in total. The molecule has 0 amide bonds. The van der Waals surface area contributed by atoms with Crippen molar-refractivity contribution in [3.63, 3.8) is 0 Å². The predicted octanol–water partition coefficient (Wildman–Crippen LogP) is 2.73. The molecular formula is C27H60O14S3. The lowest BCUT2D eigenvalue weighted by Crippen LogP contribution is -1.88. The maximum Gasteiger partial charge on any atom is 0.302 e. The van der Waals surface area contributed by atoms with E-state index in [-0.39, 0.29) is 40.7 Å². The lowest BCUT2D eigenvalue weighted by molar-refractivity contribution is -0.138. The summed E-state index contributed by atoms with van der Waals surface area (Å²) in [4.78, 5) is 66.3. The van der Waals surface area contributed by atoms with Crippen LogP contribution < -0.4 is 0 Å². The molecule has 0 heterocycles. The van der Waals surface area contributed by atoms with Crippen molar-refractivity contribution in [3.05, 3.63) is 0 Å². The minimum Gasteiger partial charge on any atom is -0.469 e. The summed E-state index contributed by atoms with van der Waals surface area (Å²) in [6.07, 6.45) is 6.96. The number of hydrogen-bond acceptors (Lipinski definition) is 14. The highest BCUT2D eigenvalue weighted by molar-refractivity contribution is 7.90. The number of methoxy groups -OCH3 is 1. The van der Waals surface area contributed by atoms with E-state index in [0.717, 1.165) is 37.5 Å². The molecule has 44 heavy (non-hydrogen) atoms. The van der Waals surface area contributed by atoms with E-state index < -0.39 is 29.5 Å². The average molecular weight is 705 g/mol. The summed E-state index contributed by atoms with van der Waals surface area (Å²) < 4.78 is 61.9. The Morgan fingerprint density at radius 3 is 0.341 bits per heavy atom. The number of ketones is 6. The summed E-state index contributed by atoms with van der Waals surface area (Å²) in [6.45, 7) is 19.7. The number of carbonyl (C=O) groups excluding carboxylic acids is 7. The van der Waals surface area contributed by atoms with Crippen molar-refractivity contribution < 1.29 is 63.6 Å². The number of carbonyl (C=O) groups is 7. The molecule has 0 bridgehead atoms. The summed E-state index contributed by atoms with van der Waals surface area (Å²) in [5, 5.41) is 0. The maximum atomic E-state index is 9.63. The fourth-order valence-electron chi connectivity index (χ4n) is 0. The number of rotatable bonds is 0. The van der Waals surface area contributed by atoms with Gasteiger partial charge in [-0.1, -0.05) is 0 Å². The van der Waals surface area contributed by atoms with Gasteiger partial charge in [-0.3, -0.25) is 4.79 Å². The van der Waals surface area contributed by atoms with Crippen LogP contribution in [0.2, 0.25) is 0 Å². The molecule has 17 heteroatoms. The zero-order chi connectivity index (χ0) is 39.2. The van der Waals surface area contributed by atoms with Crippen molar-refractivity contribution in [3.8, 4) is 0 Å². The summed E-state index contributed by atoms with van der Waals surface area (Å²) in [6, 6.07) is 0. The number of Topliss-reactive ketones (excluding diaryl/α,β-unsaturated/α-hetero) is 6. The lowest BCUT2D eigenvalue weighted by atomic mass is 10.6. The SMILES string of the molecule is CC(C)=O.CC(C)=O.CC(C)=O.CC(C)=O.CC(C)=O.CC(C)=O.COC(C)=O.CS(C)(=O)=O.CS(C)(=O)=O.CS(C)(=O)=O. The van der Waals surface area contributed by atoms with Crippen LogP contribution in [-0.2, 0) is 67.8 Å². The molecule has 0 aromatic heterocycles. The highest BCUT2D eigenvalue weighted by Gasteiger charge is 1.80. The van der Waals surface area contributed by atoms with Gasteiger partial charge in [-0.25, -0.2) is 25.3 Å². The van der Waals surface area contributed by atoms with Gasteiger partial charge in [-0.2, -0.15) is 0 Å². The minimum absolute atomic E-state index is 0.167. The molecule has 0 aliphatic carbocycles. The fourth-order valence-corrected chi connectivity index (χ4v) is 0. The molecular weight excluding hydrogens is 644 g/mol. The first kappa shape index (κ1) is 68.5. The first-order valence-electron chi connectivity index (χ1n) is 12.0. The molecule has 0 radical (unpaired) electrons. The van der Waals surface area contributed by atoms with Gasteiger partial charge in [0.15, 0.2) is 0 Å². The van der Waals surface area contributed by atoms with Gasteiger partial charge in [0.05, 0.1) is 7.11 Å². The van der Waals surface area contributed by atoms with Crippen LogP contribution in [0.1, 0.15) is 90.0 Å². The van der Waals surface area contributed by atoms with Gasteiger partial charge in [0.1, 0.15) is 64.2 Å². The summed E-state index contributed by atoms with van der Waals surface area (Å²) in [5.41, 5.74) is 0. The molecule has 0 aliphatic rings. The molecule has 0 aliphatic heterocycles. The predicted molar refractivity (Wildman–Crippen MR) is 178 cm³/mol. The van der Waals surface area contributed by atoms with E-state index in [2.05, 4.69) is 4.74 Å². The van der Waals surface area contributed by atoms with Gasteiger partial charge < -0.3 is 33.5 Å². The molecule has 0 spiro atoms. The van der Waals surface area contributed by atoms with Crippen molar-refractivity contribution in [2.45, 2.75) is 90.0 Å². The molecule has 0 rings (SSSR count). The van der Waals surface area contributed by atoms with Crippen molar-refractivity contribution >= 4 is 70.2 Å². The Kier molecular flexibility index (Phi) is 69.7. The summed E-state index contributed by atoms with van der Waals surface area (Å²) in [7, 11) is -6.65. The van der Waals surface area contributed by atoms with Crippen LogP contribution in [0, 0.1) is 0 Å². The fraction of sp³-hybridized carbons (Fsp3) is 0.741. The third-order valence-electron chi connectivity index (χ3n) is 0.287. The second-order valence-electron chi connectivity index (χ2n) is 9.57. The van der Waals surface area contributed by atoms with Gasteiger partial charge in [0, 0.05) is 44.5 Å². The second kappa shape index (κ2) is 44.8. The normalized spacial score (nSPS) is 8.27.